The first-order valence-electron chi connectivity index (χ1n) is 7.67. The van der Waals surface area contributed by atoms with Crippen molar-refractivity contribution < 1.29 is 13.9 Å². The highest BCUT2D eigenvalue weighted by atomic mass is 127. The summed E-state index contributed by atoms with van der Waals surface area (Å²) < 4.78 is 26.1. The number of ether oxygens (including phenoxy) is 2. The fraction of sp³-hybridized carbons (Fsp3) is 0.150. The fourth-order valence-electron chi connectivity index (χ4n) is 2.23. The van der Waals surface area contributed by atoms with Crippen molar-refractivity contribution in [2.45, 2.75) is 6.92 Å². The van der Waals surface area contributed by atoms with Crippen LogP contribution in [0.2, 0.25) is 0 Å². The van der Waals surface area contributed by atoms with Gasteiger partial charge >= 0.3 is 0 Å². The van der Waals surface area contributed by atoms with Crippen LogP contribution in [0.3, 0.4) is 0 Å². The molecule has 0 bridgehead atoms. The minimum Gasteiger partial charge on any atom is -0.490 e. The number of hydrogen-bond acceptors (Lipinski definition) is 3. The van der Waals surface area contributed by atoms with E-state index in [1.165, 1.54) is 6.07 Å². The second-order valence-corrected chi connectivity index (χ2v) is 6.17. The van der Waals surface area contributed by atoms with E-state index in [0.717, 1.165) is 9.13 Å². The summed E-state index contributed by atoms with van der Waals surface area (Å²) in [6.07, 6.45) is 3.30. The van der Waals surface area contributed by atoms with E-state index in [9.17, 15) is 9.65 Å². The lowest BCUT2D eigenvalue weighted by Crippen LogP contribution is -2.01. The Labute approximate surface area is 160 Å². The van der Waals surface area contributed by atoms with Crippen LogP contribution in [0.5, 0.6) is 11.5 Å². The van der Waals surface area contributed by atoms with E-state index in [4.69, 9.17) is 9.47 Å². The molecule has 2 aromatic rings. The molecule has 0 spiro atoms. The lowest BCUT2D eigenvalue weighted by molar-refractivity contribution is 0.295. The van der Waals surface area contributed by atoms with Crippen LogP contribution in [0.1, 0.15) is 18.1 Å². The molecule has 3 nitrogen and oxygen atoms in total. The van der Waals surface area contributed by atoms with Crippen molar-refractivity contribution in [1.29, 1.82) is 5.26 Å². The Hall–Kier alpha value is -2.33. The summed E-state index contributed by atoms with van der Waals surface area (Å²) >= 11 is 2.15. The SMILES string of the molecule is C=CCOc1c(I)cc(C=C(C#N)c2ccccc2F)cc1OCC. The third-order valence-corrected chi connectivity index (χ3v) is 4.07. The predicted molar refractivity (Wildman–Crippen MR) is 106 cm³/mol. The summed E-state index contributed by atoms with van der Waals surface area (Å²) in [5, 5.41) is 9.42. The van der Waals surface area contributed by atoms with Gasteiger partial charge in [0.25, 0.3) is 0 Å². The van der Waals surface area contributed by atoms with Gasteiger partial charge in [0.1, 0.15) is 12.4 Å². The van der Waals surface area contributed by atoms with Gasteiger partial charge in [-0.15, -0.1) is 0 Å². The molecule has 2 aromatic carbocycles. The molecule has 0 saturated heterocycles. The maximum atomic E-state index is 14.0. The zero-order valence-electron chi connectivity index (χ0n) is 13.8. The first-order valence-corrected chi connectivity index (χ1v) is 8.75. The predicted octanol–water partition coefficient (Wildman–Crippen LogP) is 5.46. The Morgan fingerprint density at radius 3 is 2.72 bits per heavy atom. The number of nitrogens with zero attached hydrogens (tertiary/aromatic N) is 1. The van der Waals surface area contributed by atoms with Gasteiger partial charge in [-0.3, -0.25) is 0 Å². The summed E-state index contributed by atoms with van der Waals surface area (Å²) in [6, 6.07) is 11.9. The molecule has 0 aliphatic rings. The topological polar surface area (TPSA) is 42.2 Å². The minimum atomic E-state index is -0.430. The average molecular weight is 449 g/mol. The number of allylic oxidation sites excluding steroid dienone is 1. The van der Waals surface area contributed by atoms with Crippen molar-refractivity contribution in [3.8, 4) is 17.6 Å². The highest BCUT2D eigenvalue weighted by molar-refractivity contribution is 14.1. The Bertz CT molecular complexity index is 840. The van der Waals surface area contributed by atoms with Crippen molar-refractivity contribution in [1.82, 2.24) is 0 Å². The van der Waals surface area contributed by atoms with Crippen molar-refractivity contribution >= 4 is 34.2 Å². The Balaban J connectivity index is 2.49. The van der Waals surface area contributed by atoms with Gasteiger partial charge in [-0.2, -0.15) is 5.26 Å². The number of hydrogen-bond donors (Lipinski definition) is 0. The maximum absolute atomic E-state index is 14.0. The van der Waals surface area contributed by atoms with Crippen LogP contribution < -0.4 is 9.47 Å². The number of nitriles is 1. The van der Waals surface area contributed by atoms with Gasteiger partial charge in [-0.25, -0.2) is 4.39 Å². The van der Waals surface area contributed by atoms with E-state index in [-0.39, 0.29) is 11.1 Å². The molecule has 0 amide bonds. The third kappa shape index (κ3) is 4.83. The summed E-state index contributed by atoms with van der Waals surface area (Å²) in [5.74, 6) is 0.776. The second-order valence-electron chi connectivity index (χ2n) is 5.01. The third-order valence-electron chi connectivity index (χ3n) is 3.27. The highest BCUT2D eigenvalue weighted by Crippen LogP contribution is 2.35. The summed E-state index contributed by atoms with van der Waals surface area (Å²) in [5.41, 5.74) is 1.25. The molecule has 25 heavy (non-hydrogen) atoms. The van der Waals surface area contributed by atoms with Crippen LogP contribution in [0, 0.1) is 20.7 Å². The summed E-state index contributed by atoms with van der Waals surface area (Å²) in [6.45, 7) is 6.37. The molecule has 0 fully saturated rings. The average Bonchev–Trinajstić information content (AvgIpc) is 2.60. The van der Waals surface area contributed by atoms with E-state index in [2.05, 4.69) is 35.2 Å². The summed E-state index contributed by atoms with van der Waals surface area (Å²) in [7, 11) is 0. The molecule has 0 unspecified atom stereocenters. The smallest absolute Gasteiger partial charge is 0.174 e. The Morgan fingerprint density at radius 2 is 2.08 bits per heavy atom. The molecule has 0 radical (unpaired) electrons. The fourth-order valence-corrected chi connectivity index (χ4v) is 3.01. The van der Waals surface area contributed by atoms with Crippen LogP contribution in [-0.2, 0) is 0 Å². The van der Waals surface area contributed by atoms with Gasteiger partial charge in [-0.1, -0.05) is 30.9 Å². The van der Waals surface area contributed by atoms with Gasteiger partial charge in [0.15, 0.2) is 11.5 Å². The van der Waals surface area contributed by atoms with E-state index in [1.807, 2.05) is 13.0 Å². The first kappa shape index (κ1) is 19.0. The van der Waals surface area contributed by atoms with Crippen LogP contribution >= 0.6 is 22.6 Å². The second kappa shape index (κ2) is 9.23. The van der Waals surface area contributed by atoms with Crippen LogP contribution in [-0.4, -0.2) is 13.2 Å². The van der Waals surface area contributed by atoms with Crippen molar-refractivity contribution in [3.63, 3.8) is 0 Å². The molecule has 0 aliphatic heterocycles. The van der Waals surface area contributed by atoms with Crippen molar-refractivity contribution in [2.75, 3.05) is 13.2 Å². The molecular weight excluding hydrogens is 432 g/mol. The van der Waals surface area contributed by atoms with Gasteiger partial charge in [0.05, 0.1) is 21.8 Å². The molecule has 2 rings (SSSR count). The van der Waals surface area contributed by atoms with E-state index in [1.54, 1.807) is 36.4 Å². The molecule has 128 valence electrons. The quantitative estimate of drug-likeness (QED) is 0.244. The van der Waals surface area contributed by atoms with Crippen molar-refractivity contribution in [3.05, 3.63) is 69.6 Å². The molecule has 0 saturated carbocycles. The molecule has 5 heteroatoms. The first-order chi connectivity index (χ1) is 12.1. The lowest BCUT2D eigenvalue weighted by Gasteiger charge is -2.14. The molecule has 0 aliphatic carbocycles. The van der Waals surface area contributed by atoms with E-state index >= 15 is 0 Å². The van der Waals surface area contributed by atoms with Crippen LogP contribution in [0.25, 0.3) is 11.6 Å². The molecule has 0 heterocycles. The molecule has 0 N–H and O–H groups in total. The summed E-state index contributed by atoms with van der Waals surface area (Å²) in [4.78, 5) is 0. The van der Waals surface area contributed by atoms with E-state index in [0.29, 0.717) is 24.7 Å². The number of benzene rings is 2. The standard InChI is InChI=1S/C20H17FINO2/c1-3-9-25-20-18(22)11-14(12-19(20)24-4-2)10-15(13-23)16-7-5-6-8-17(16)21/h3,5-8,10-12H,1,4,9H2,2H3. The Morgan fingerprint density at radius 1 is 1.32 bits per heavy atom. The maximum Gasteiger partial charge on any atom is 0.174 e. The molecular formula is C20H17FINO2. The zero-order valence-corrected chi connectivity index (χ0v) is 15.9. The lowest BCUT2D eigenvalue weighted by atomic mass is 10.0. The highest BCUT2D eigenvalue weighted by Gasteiger charge is 2.13. The van der Waals surface area contributed by atoms with Crippen LogP contribution in [0.4, 0.5) is 4.39 Å². The normalized spacial score (nSPS) is 10.9. The monoisotopic (exact) mass is 449 g/mol. The van der Waals surface area contributed by atoms with Gasteiger partial charge in [0, 0.05) is 5.56 Å². The zero-order chi connectivity index (χ0) is 18.2. The van der Waals surface area contributed by atoms with E-state index < -0.39 is 5.82 Å². The number of rotatable bonds is 7. The minimum absolute atomic E-state index is 0.246. The van der Waals surface area contributed by atoms with Crippen LogP contribution in [0.15, 0.2) is 49.1 Å². The largest absolute Gasteiger partial charge is 0.490 e. The van der Waals surface area contributed by atoms with Gasteiger partial charge < -0.3 is 9.47 Å². The van der Waals surface area contributed by atoms with Gasteiger partial charge in [-0.05, 0) is 59.4 Å². The number of halogens is 2. The Kier molecular flexibility index (Phi) is 7.02. The van der Waals surface area contributed by atoms with Crippen molar-refractivity contribution in [2.24, 2.45) is 0 Å². The molecule has 0 atom stereocenters. The van der Waals surface area contributed by atoms with Gasteiger partial charge in [0.2, 0.25) is 0 Å². The molecule has 0 aromatic heterocycles.